The van der Waals surface area contributed by atoms with Crippen LogP contribution in [0.25, 0.3) is 6.08 Å². The monoisotopic (exact) mass is 521 g/mol. The van der Waals surface area contributed by atoms with Crippen LogP contribution in [0.3, 0.4) is 0 Å². The van der Waals surface area contributed by atoms with Gasteiger partial charge in [0.05, 0.1) is 11.6 Å². The summed E-state index contributed by atoms with van der Waals surface area (Å²) in [5.74, 6) is -0.451. The van der Waals surface area contributed by atoms with Crippen molar-refractivity contribution in [3.63, 3.8) is 0 Å². The fraction of sp³-hybridized carbons (Fsp3) is 0.115. The minimum Gasteiger partial charge on any atom is -0.496 e. The molecule has 0 heterocycles. The molecule has 0 aliphatic carbocycles. The smallest absolute Gasteiger partial charge is 0.268 e. The van der Waals surface area contributed by atoms with Crippen LogP contribution >= 0.6 is 15.9 Å². The molecular formula is C26H24BrN3O4. The Morgan fingerprint density at radius 1 is 0.971 bits per heavy atom. The molecule has 3 amide bonds. The fourth-order valence-corrected chi connectivity index (χ4v) is 3.70. The molecule has 174 valence electrons. The predicted octanol–water partition coefficient (Wildman–Crippen LogP) is 4.50. The minimum atomic E-state index is -0.478. The van der Waals surface area contributed by atoms with Gasteiger partial charge in [-0.2, -0.15) is 0 Å². The van der Waals surface area contributed by atoms with Crippen LogP contribution in [-0.2, 0) is 16.1 Å². The summed E-state index contributed by atoms with van der Waals surface area (Å²) in [5, 5.41) is 8.27. The van der Waals surface area contributed by atoms with Crippen LogP contribution in [0.4, 0.5) is 5.69 Å². The first-order chi connectivity index (χ1) is 16.4. The van der Waals surface area contributed by atoms with Crippen LogP contribution in [-0.4, -0.2) is 24.8 Å². The average Bonchev–Trinajstić information content (AvgIpc) is 2.83. The van der Waals surface area contributed by atoms with Gasteiger partial charge in [-0.05, 0) is 63.5 Å². The number of carbonyl (C=O) groups is 3. The molecule has 7 nitrogen and oxygen atoms in total. The van der Waals surface area contributed by atoms with Gasteiger partial charge in [-0.25, -0.2) is 0 Å². The third-order valence-corrected chi connectivity index (χ3v) is 5.40. The number of nitrogens with one attached hydrogen (secondary N) is 3. The topological polar surface area (TPSA) is 96.5 Å². The number of rotatable bonds is 8. The summed E-state index contributed by atoms with van der Waals surface area (Å²) < 4.78 is 5.96. The van der Waals surface area contributed by atoms with Crippen molar-refractivity contribution in [3.05, 3.63) is 99.7 Å². The molecule has 3 aromatic rings. The lowest BCUT2D eigenvalue weighted by atomic mass is 10.1. The molecule has 0 aromatic heterocycles. The summed E-state index contributed by atoms with van der Waals surface area (Å²) in [7, 11) is 1.56. The normalized spacial score (nSPS) is 10.9. The Morgan fingerprint density at radius 2 is 1.68 bits per heavy atom. The number of amides is 3. The molecule has 0 atom stereocenters. The van der Waals surface area contributed by atoms with E-state index in [0.717, 1.165) is 5.56 Å². The fourth-order valence-electron chi connectivity index (χ4n) is 3.14. The maximum absolute atomic E-state index is 13.1. The predicted molar refractivity (Wildman–Crippen MR) is 135 cm³/mol. The van der Waals surface area contributed by atoms with Crippen LogP contribution < -0.4 is 20.7 Å². The molecule has 34 heavy (non-hydrogen) atoms. The molecule has 0 saturated carbocycles. The van der Waals surface area contributed by atoms with Gasteiger partial charge in [-0.1, -0.05) is 42.5 Å². The highest BCUT2D eigenvalue weighted by Gasteiger charge is 2.16. The molecule has 3 N–H and O–H groups in total. The zero-order valence-electron chi connectivity index (χ0n) is 18.7. The van der Waals surface area contributed by atoms with Crippen LogP contribution in [0.2, 0.25) is 0 Å². The van der Waals surface area contributed by atoms with Gasteiger partial charge < -0.3 is 20.7 Å². The van der Waals surface area contributed by atoms with Gasteiger partial charge >= 0.3 is 0 Å². The van der Waals surface area contributed by atoms with Gasteiger partial charge in [0.15, 0.2) is 0 Å². The highest BCUT2D eigenvalue weighted by atomic mass is 79.9. The SMILES string of the molecule is COc1ccc(/C=C(/NC(=O)c2ccccc2)C(=O)NCc2ccccc2NC(C)=O)cc1Br. The molecule has 0 bridgehead atoms. The number of hydrogen-bond acceptors (Lipinski definition) is 4. The van der Waals surface area contributed by atoms with Crippen molar-refractivity contribution >= 4 is 45.4 Å². The standard InChI is InChI=1S/C26H24BrN3O4/c1-17(31)29-22-11-7-6-10-20(22)16-28-26(33)23(30-25(32)19-8-4-3-5-9-19)15-18-12-13-24(34-2)21(27)14-18/h3-15H,16H2,1-2H3,(H,28,33)(H,29,31)(H,30,32)/b23-15+. The summed E-state index contributed by atoms with van der Waals surface area (Å²) in [6.07, 6.45) is 1.58. The second kappa shape index (κ2) is 11.8. The molecule has 8 heteroatoms. The van der Waals surface area contributed by atoms with E-state index in [2.05, 4.69) is 31.9 Å². The van der Waals surface area contributed by atoms with Gasteiger partial charge in [-0.15, -0.1) is 0 Å². The van der Waals surface area contributed by atoms with E-state index in [-0.39, 0.29) is 18.1 Å². The molecule has 3 rings (SSSR count). The van der Waals surface area contributed by atoms with Crippen molar-refractivity contribution < 1.29 is 19.1 Å². The largest absolute Gasteiger partial charge is 0.496 e. The molecule has 0 saturated heterocycles. The summed E-state index contributed by atoms with van der Waals surface area (Å²) in [6, 6.07) is 21.1. The number of methoxy groups -OCH3 is 1. The summed E-state index contributed by atoms with van der Waals surface area (Å²) in [6.45, 7) is 1.57. The zero-order chi connectivity index (χ0) is 24.5. The van der Waals surface area contributed by atoms with Crippen molar-refractivity contribution in [3.8, 4) is 5.75 Å². The third kappa shape index (κ3) is 6.79. The molecule has 0 aliphatic heterocycles. The first-order valence-corrected chi connectivity index (χ1v) is 11.2. The number of anilines is 1. The maximum Gasteiger partial charge on any atom is 0.268 e. The lowest BCUT2D eigenvalue weighted by Crippen LogP contribution is -2.34. The maximum atomic E-state index is 13.1. The molecule has 0 aliphatic rings. The van der Waals surface area contributed by atoms with E-state index in [9.17, 15) is 14.4 Å². The van der Waals surface area contributed by atoms with Crippen LogP contribution in [0.5, 0.6) is 5.75 Å². The Labute approximate surface area is 206 Å². The number of carbonyl (C=O) groups excluding carboxylic acids is 3. The third-order valence-electron chi connectivity index (χ3n) is 4.78. The molecule has 3 aromatic carbocycles. The molecule has 0 unspecified atom stereocenters. The average molecular weight is 522 g/mol. The van der Waals surface area contributed by atoms with Crippen LogP contribution in [0, 0.1) is 0 Å². The van der Waals surface area contributed by atoms with Gasteiger partial charge in [0, 0.05) is 24.7 Å². The van der Waals surface area contributed by atoms with E-state index in [1.54, 1.807) is 73.8 Å². The van der Waals surface area contributed by atoms with E-state index >= 15 is 0 Å². The Hall–Kier alpha value is -3.91. The van der Waals surface area contributed by atoms with E-state index in [0.29, 0.717) is 27.0 Å². The molecule has 0 spiro atoms. The van der Waals surface area contributed by atoms with Gasteiger partial charge in [-0.3, -0.25) is 14.4 Å². The zero-order valence-corrected chi connectivity index (χ0v) is 20.3. The van der Waals surface area contributed by atoms with E-state index in [1.807, 2.05) is 12.1 Å². The second-order valence-electron chi connectivity index (χ2n) is 7.29. The highest BCUT2D eigenvalue weighted by Crippen LogP contribution is 2.26. The molecular weight excluding hydrogens is 498 g/mol. The van der Waals surface area contributed by atoms with Crippen molar-refractivity contribution in [2.75, 3.05) is 12.4 Å². The molecule has 0 radical (unpaired) electrons. The Kier molecular flexibility index (Phi) is 8.59. The number of para-hydroxylation sites is 1. The number of halogens is 1. The number of hydrogen-bond donors (Lipinski definition) is 3. The summed E-state index contributed by atoms with van der Waals surface area (Å²) >= 11 is 3.43. The van der Waals surface area contributed by atoms with E-state index < -0.39 is 11.8 Å². The quantitative estimate of drug-likeness (QED) is 0.380. The van der Waals surface area contributed by atoms with Crippen LogP contribution in [0.1, 0.15) is 28.4 Å². The first kappa shape index (κ1) is 24.7. The molecule has 0 fully saturated rings. The lowest BCUT2D eigenvalue weighted by Gasteiger charge is -2.14. The van der Waals surface area contributed by atoms with E-state index in [1.165, 1.54) is 6.92 Å². The summed E-state index contributed by atoms with van der Waals surface area (Å²) in [4.78, 5) is 37.3. The first-order valence-electron chi connectivity index (χ1n) is 10.4. The van der Waals surface area contributed by atoms with Gasteiger partial charge in [0.25, 0.3) is 11.8 Å². The minimum absolute atomic E-state index is 0.0722. The number of ether oxygens (including phenoxy) is 1. The summed E-state index contributed by atoms with van der Waals surface area (Å²) in [5.41, 5.74) is 2.51. The Morgan fingerprint density at radius 3 is 2.35 bits per heavy atom. The van der Waals surface area contributed by atoms with Crippen molar-refractivity contribution in [2.24, 2.45) is 0 Å². The number of benzene rings is 3. The Bertz CT molecular complexity index is 1230. The highest BCUT2D eigenvalue weighted by molar-refractivity contribution is 9.10. The van der Waals surface area contributed by atoms with Crippen molar-refractivity contribution in [1.82, 2.24) is 10.6 Å². The van der Waals surface area contributed by atoms with E-state index in [4.69, 9.17) is 4.74 Å². The lowest BCUT2D eigenvalue weighted by molar-refractivity contribution is -0.118. The van der Waals surface area contributed by atoms with Gasteiger partial charge in [0.2, 0.25) is 5.91 Å². The van der Waals surface area contributed by atoms with Crippen LogP contribution in [0.15, 0.2) is 83.0 Å². The van der Waals surface area contributed by atoms with Crippen molar-refractivity contribution in [1.29, 1.82) is 0 Å². The van der Waals surface area contributed by atoms with Crippen molar-refractivity contribution in [2.45, 2.75) is 13.5 Å². The second-order valence-corrected chi connectivity index (χ2v) is 8.15. The van der Waals surface area contributed by atoms with Gasteiger partial charge in [0.1, 0.15) is 11.4 Å². The Balaban J connectivity index is 1.85.